The number of non-ortho nitro benzene ring substituents is 1. The van der Waals surface area contributed by atoms with Crippen LogP contribution in [0.15, 0.2) is 18.2 Å². The summed E-state index contributed by atoms with van der Waals surface area (Å²) in [6.45, 7) is 2.02. The standard InChI is InChI=1S/C14H18N4O4/c1-3-22-14(19)10(15)5-7-13-16-11-8-9(18(20)21)4-6-12(11)17(13)2/h4,6,8,10H,3,5,7,15H2,1-2H3. The van der Waals surface area contributed by atoms with Crippen LogP contribution in [0.3, 0.4) is 0 Å². The van der Waals surface area contributed by atoms with Gasteiger partial charge in [0.25, 0.3) is 5.69 Å². The van der Waals surface area contributed by atoms with E-state index in [2.05, 4.69) is 4.98 Å². The summed E-state index contributed by atoms with van der Waals surface area (Å²) in [6, 6.07) is 3.84. The van der Waals surface area contributed by atoms with E-state index >= 15 is 0 Å². The second-order valence-electron chi connectivity index (χ2n) is 4.91. The number of nitrogens with zero attached hydrogens (tertiary/aromatic N) is 3. The minimum absolute atomic E-state index is 0.000347. The van der Waals surface area contributed by atoms with E-state index in [1.165, 1.54) is 12.1 Å². The molecule has 0 radical (unpaired) electrons. The van der Waals surface area contributed by atoms with Crippen molar-refractivity contribution in [2.24, 2.45) is 12.8 Å². The summed E-state index contributed by atoms with van der Waals surface area (Å²) in [5, 5.41) is 10.8. The molecule has 118 valence electrons. The van der Waals surface area contributed by atoms with Crippen LogP contribution in [0.25, 0.3) is 11.0 Å². The van der Waals surface area contributed by atoms with Crippen molar-refractivity contribution in [3.05, 3.63) is 34.1 Å². The molecule has 0 saturated heterocycles. The van der Waals surface area contributed by atoms with Crippen molar-refractivity contribution >= 4 is 22.7 Å². The lowest BCUT2D eigenvalue weighted by Gasteiger charge is -2.10. The van der Waals surface area contributed by atoms with Gasteiger partial charge in [-0.3, -0.25) is 14.9 Å². The Balaban J connectivity index is 2.16. The number of nitro benzene ring substituents is 1. The molecule has 0 aliphatic heterocycles. The first-order chi connectivity index (χ1) is 10.4. The molecule has 1 aromatic heterocycles. The third-order valence-corrected chi connectivity index (χ3v) is 3.44. The van der Waals surface area contributed by atoms with Gasteiger partial charge in [-0.05, 0) is 19.4 Å². The minimum Gasteiger partial charge on any atom is -0.465 e. The van der Waals surface area contributed by atoms with Crippen LogP contribution in [0.1, 0.15) is 19.2 Å². The maximum Gasteiger partial charge on any atom is 0.322 e. The van der Waals surface area contributed by atoms with Gasteiger partial charge in [0.1, 0.15) is 11.9 Å². The number of carbonyl (C=O) groups excluding carboxylic acids is 1. The van der Waals surface area contributed by atoms with Crippen molar-refractivity contribution in [2.75, 3.05) is 6.61 Å². The zero-order valence-corrected chi connectivity index (χ0v) is 12.5. The average molecular weight is 306 g/mol. The van der Waals surface area contributed by atoms with Crippen LogP contribution in [-0.4, -0.2) is 33.1 Å². The monoisotopic (exact) mass is 306 g/mol. The van der Waals surface area contributed by atoms with E-state index < -0.39 is 16.9 Å². The number of aryl methyl sites for hydroxylation is 2. The van der Waals surface area contributed by atoms with Crippen molar-refractivity contribution in [1.82, 2.24) is 9.55 Å². The van der Waals surface area contributed by atoms with Crippen LogP contribution in [0, 0.1) is 10.1 Å². The van der Waals surface area contributed by atoms with Gasteiger partial charge in [0.2, 0.25) is 0 Å². The fourth-order valence-corrected chi connectivity index (χ4v) is 2.23. The summed E-state index contributed by atoms with van der Waals surface area (Å²) in [4.78, 5) is 26.2. The third kappa shape index (κ3) is 3.22. The fraction of sp³-hybridized carbons (Fsp3) is 0.429. The maximum atomic E-state index is 11.5. The number of aromatic nitrogens is 2. The molecule has 2 aromatic rings. The molecular formula is C14H18N4O4. The lowest BCUT2D eigenvalue weighted by molar-refractivity contribution is -0.384. The Hall–Kier alpha value is -2.48. The molecule has 0 aliphatic rings. The van der Waals surface area contributed by atoms with Crippen LogP contribution in [0.2, 0.25) is 0 Å². The lowest BCUT2D eigenvalue weighted by Crippen LogP contribution is -2.33. The lowest BCUT2D eigenvalue weighted by atomic mass is 10.1. The minimum atomic E-state index is -0.700. The fourth-order valence-electron chi connectivity index (χ4n) is 2.23. The average Bonchev–Trinajstić information content (AvgIpc) is 2.80. The van der Waals surface area contributed by atoms with Crippen LogP contribution < -0.4 is 5.73 Å². The maximum absolute atomic E-state index is 11.5. The number of fused-ring (bicyclic) bond motifs is 1. The Morgan fingerprint density at radius 2 is 2.27 bits per heavy atom. The number of benzene rings is 1. The predicted octanol–water partition coefficient (Wildman–Crippen LogP) is 1.30. The molecule has 0 aliphatic carbocycles. The Labute approximate surface area is 127 Å². The highest BCUT2D eigenvalue weighted by atomic mass is 16.6. The summed E-state index contributed by atoms with van der Waals surface area (Å²) in [5.41, 5.74) is 7.11. The van der Waals surface area contributed by atoms with Gasteiger partial charge in [0.15, 0.2) is 0 Å². The van der Waals surface area contributed by atoms with E-state index in [-0.39, 0.29) is 5.69 Å². The highest BCUT2D eigenvalue weighted by molar-refractivity contribution is 5.79. The van der Waals surface area contributed by atoms with Crippen LogP contribution in [0.4, 0.5) is 5.69 Å². The van der Waals surface area contributed by atoms with E-state index in [9.17, 15) is 14.9 Å². The van der Waals surface area contributed by atoms with E-state index in [0.29, 0.717) is 25.0 Å². The van der Waals surface area contributed by atoms with Crippen molar-refractivity contribution < 1.29 is 14.5 Å². The van der Waals surface area contributed by atoms with Crippen molar-refractivity contribution in [1.29, 1.82) is 0 Å². The summed E-state index contributed by atoms with van der Waals surface area (Å²) < 4.78 is 6.70. The highest BCUT2D eigenvalue weighted by Crippen LogP contribution is 2.21. The van der Waals surface area contributed by atoms with Gasteiger partial charge < -0.3 is 15.0 Å². The largest absolute Gasteiger partial charge is 0.465 e. The van der Waals surface area contributed by atoms with E-state index in [1.807, 2.05) is 11.6 Å². The molecule has 0 fully saturated rings. The van der Waals surface area contributed by atoms with Gasteiger partial charge in [-0.25, -0.2) is 4.98 Å². The summed E-state index contributed by atoms with van der Waals surface area (Å²) in [6.07, 6.45) is 0.886. The molecule has 0 amide bonds. The number of nitro groups is 1. The third-order valence-electron chi connectivity index (χ3n) is 3.44. The molecule has 0 bridgehead atoms. The second kappa shape index (κ2) is 6.52. The van der Waals surface area contributed by atoms with Crippen molar-refractivity contribution in [2.45, 2.75) is 25.8 Å². The second-order valence-corrected chi connectivity index (χ2v) is 4.91. The molecule has 8 nitrogen and oxygen atoms in total. The van der Waals surface area contributed by atoms with Crippen molar-refractivity contribution in [3.8, 4) is 0 Å². The molecule has 0 spiro atoms. The highest BCUT2D eigenvalue weighted by Gasteiger charge is 2.17. The van der Waals surface area contributed by atoms with Crippen LogP contribution in [-0.2, 0) is 23.0 Å². The summed E-state index contributed by atoms with van der Waals surface area (Å²) in [7, 11) is 1.83. The Bertz CT molecular complexity index is 710. The number of hydrogen-bond donors (Lipinski definition) is 1. The molecule has 2 rings (SSSR count). The van der Waals surface area contributed by atoms with Crippen LogP contribution >= 0.6 is 0 Å². The van der Waals surface area contributed by atoms with Gasteiger partial charge in [0, 0.05) is 25.6 Å². The number of ether oxygens (including phenoxy) is 1. The zero-order valence-electron chi connectivity index (χ0n) is 12.5. The predicted molar refractivity (Wildman–Crippen MR) is 80.3 cm³/mol. The number of rotatable bonds is 6. The van der Waals surface area contributed by atoms with E-state index in [4.69, 9.17) is 10.5 Å². The molecule has 22 heavy (non-hydrogen) atoms. The molecule has 8 heteroatoms. The number of hydrogen-bond acceptors (Lipinski definition) is 6. The number of imidazole rings is 1. The molecule has 1 heterocycles. The first kappa shape index (κ1) is 15.9. The number of carbonyl (C=O) groups is 1. The number of esters is 1. The first-order valence-corrected chi connectivity index (χ1v) is 6.96. The van der Waals surface area contributed by atoms with Gasteiger partial charge in [-0.1, -0.05) is 0 Å². The Kier molecular flexibility index (Phi) is 4.71. The quantitative estimate of drug-likeness (QED) is 0.489. The normalized spacial score (nSPS) is 12.3. The van der Waals surface area contributed by atoms with Gasteiger partial charge in [-0.15, -0.1) is 0 Å². The SMILES string of the molecule is CCOC(=O)C(N)CCc1nc2cc([N+](=O)[O-])ccc2n1C. The summed E-state index contributed by atoms with van der Waals surface area (Å²) >= 11 is 0. The van der Waals surface area contributed by atoms with Gasteiger partial charge >= 0.3 is 5.97 Å². The Morgan fingerprint density at radius 1 is 1.55 bits per heavy atom. The molecule has 2 N–H and O–H groups in total. The van der Waals surface area contributed by atoms with Crippen LogP contribution in [0.5, 0.6) is 0 Å². The molecule has 0 saturated carbocycles. The Morgan fingerprint density at radius 3 is 2.91 bits per heavy atom. The molecule has 1 unspecified atom stereocenters. The molecule has 1 atom stereocenters. The van der Waals surface area contributed by atoms with Gasteiger partial charge in [-0.2, -0.15) is 0 Å². The van der Waals surface area contributed by atoms with E-state index in [0.717, 1.165) is 11.3 Å². The van der Waals surface area contributed by atoms with Crippen molar-refractivity contribution in [3.63, 3.8) is 0 Å². The topological polar surface area (TPSA) is 113 Å². The molecule has 1 aromatic carbocycles. The van der Waals surface area contributed by atoms with Gasteiger partial charge in [0.05, 0.1) is 22.6 Å². The first-order valence-electron chi connectivity index (χ1n) is 6.96. The smallest absolute Gasteiger partial charge is 0.322 e. The summed E-state index contributed by atoms with van der Waals surface area (Å²) in [5.74, 6) is 0.284. The van der Waals surface area contributed by atoms with E-state index in [1.54, 1.807) is 13.0 Å². The number of nitrogens with two attached hydrogens (primary N) is 1. The molecular weight excluding hydrogens is 288 g/mol. The zero-order chi connectivity index (χ0) is 16.3.